The summed E-state index contributed by atoms with van der Waals surface area (Å²) in [6.07, 6.45) is 2.93. The molecule has 1 aromatic carbocycles. The van der Waals surface area contributed by atoms with Gasteiger partial charge in [0.05, 0.1) is 6.20 Å². The molecule has 0 amide bonds. The Labute approximate surface area is 138 Å². The second-order valence-electron chi connectivity index (χ2n) is 6.70. The zero-order valence-electron chi connectivity index (χ0n) is 14.1. The van der Waals surface area contributed by atoms with Crippen LogP contribution in [0.2, 0.25) is 0 Å². The minimum atomic E-state index is 0.464. The zero-order valence-corrected chi connectivity index (χ0v) is 14.1. The highest BCUT2D eigenvalue weighted by molar-refractivity contribution is 5.35. The average molecular weight is 313 g/mol. The first-order valence-corrected chi connectivity index (χ1v) is 8.38. The van der Waals surface area contributed by atoms with Crippen molar-refractivity contribution in [3.63, 3.8) is 0 Å². The summed E-state index contributed by atoms with van der Waals surface area (Å²) in [5.74, 6) is 1.71. The zero-order chi connectivity index (χ0) is 16.1. The number of anilines is 1. The van der Waals surface area contributed by atoms with Crippen LogP contribution in [0.25, 0.3) is 0 Å². The second kappa shape index (κ2) is 7.62. The number of aromatic nitrogens is 2. The maximum atomic E-state index is 4.37. The van der Waals surface area contributed by atoms with Gasteiger partial charge < -0.3 is 15.5 Å². The highest BCUT2D eigenvalue weighted by atomic mass is 15.3. The van der Waals surface area contributed by atoms with E-state index in [4.69, 9.17) is 0 Å². The van der Waals surface area contributed by atoms with E-state index in [1.54, 1.807) is 0 Å². The summed E-state index contributed by atoms with van der Waals surface area (Å²) in [4.78, 5) is 2.26. The Bertz CT molecular complexity index is 592. The predicted octanol–water partition coefficient (Wildman–Crippen LogP) is 1.69. The topological polar surface area (TPSA) is 45.1 Å². The van der Waals surface area contributed by atoms with Crippen LogP contribution < -0.4 is 10.6 Å². The van der Waals surface area contributed by atoms with Gasteiger partial charge in [-0.15, -0.1) is 0 Å². The molecule has 5 nitrogen and oxygen atoms in total. The van der Waals surface area contributed by atoms with Crippen molar-refractivity contribution >= 4 is 5.82 Å². The van der Waals surface area contributed by atoms with E-state index in [1.165, 1.54) is 5.56 Å². The standard InChI is InChI=1S/C18H27N5/c1-22(2)14-17(10-15-6-4-3-5-7-15)19-11-16-12-20-18-8-9-21-23(18)13-16/h3-9,16-17,19-20H,10-14H2,1-2H3/t16-,17-/m0/s1. The molecule has 2 aromatic rings. The molecule has 0 spiro atoms. The van der Waals surface area contributed by atoms with E-state index in [0.29, 0.717) is 12.0 Å². The predicted molar refractivity (Wildman–Crippen MR) is 94.7 cm³/mol. The fourth-order valence-electron chi connectivity index (χ4n) is 3.20. The van der Waals surface area contributed by atoms with Crippen molar-refractivity contribution in [3.8, 4) is 0 Å². The molecule has 0 aliphatic carbocycles. The Morgan fingerprint density at radius 3 is 2.91 bits per heavy atom. The molecular formula is C18H27N5. The van der Waals surface area contributed by atoms with Gasteiger partial charge in [0.25, 0.3) is 0 Å². The molecule has 0 radical (unpaired) electrons. The number of rotatable bonds is 7. The first-order chi connectivity index (χ1) is 11.2. The molecule has 1 aromatic heterocycles. The van der Waals surface area contributed by atoms with Gasteiger partial charge in [0.2, 0.25) is 0 Å². The van der Waals surface area contributed by atoms with Gasteiger partial charge >= 0.3 is 0 Å². The van der Waals surface area contributed by atoms with Crippen LogP contribution in [0.3, 0.4) is 0 Å². The molecule has 5 heteroatoms. The number of nitrogens with zero attached hydrogens (tertiary/aromatic N) is 3. The lowest BCUT2D eigenvalue weighted by molar-refractivity contribution is 0.309. The van der Waals surface area contributed by atoms with Gasteiger partial charge in [0.1, 0.15) is 5.82 Å². The number of hydrogen-bond acceptors (Lipinski definition) is 4. The molecule has 0 saturated carbocycles. The SMILES string of the molecule is CN(C)C[C@H](Cc1ccccc1)NC[C@H]1CNc2ccnn2C1. The molecule has 1 aliphatic heterocycles. The van der Waals surface area contributed by atoms with Crippen LogP contribution >= 0.6 is 0 Å². The monoisotopic (exact) mass is 313 g/mol. The van der Waals surface area contributed by atoms with E-state index in [-0.39, 0.29) is 0 Å². The molecule has 23 heavy (non-hydrogen) atoms. The Morgan fingerprint density at radius 1 is 1.30 bits per heavy atom. The second-order valence-corrected chi connectivity index (χ2v) is 6.70. The number of benzene rings is 1. The summed E-state index contributed by atoms with van der Waals surface area (Å²) in [7, 11) is 4.27. The quantitative estimate of drug-likeness (QED) is 0.816. The Morgan fingerprint density at radius 2 is 2.13 bits per heavy atom. The van der Waals surface area contributed by atoms with E-state index >= 15 is 0 Å². The molecule has 0 saturated heterocycles. The largest absolute Gasteiger partial charge is 0.370 e. The molecule has 1 aliphatic rings. The molecule has 0 unspecified atom stereocenters. The number of nitrogens with one attached hydrogen (secondary N) is 2. The third-order valence-electron chi connectivity index (χ3n) is 4.33. The van der Waals surface area contributed by atoms with E-state index in [9.17, 15) is 0 Å². The first kappa shape index (κ1) is 16.0. The van der Waals surface area contributed by atoms with Crippen molar-refractivity contribution in [2.75, 3.05) is 39.0 Å². The lowest BCUT2D eigenvalue weighted by Crippen LogP contribution is -2.44. The van der Waals surface area contributed by atoms with Crippen molar-refractivity contribution in [2.45, 2.75) is 19.0 Å². The fraction of sp³-hybridized carbons (Fsp3) is 0.500. The molecule has 2 N–H and O–H groups in total. The summed E-state index contributed by atoms with van der Waals surface area (Å²) in [5, 5.41) is 11.6. The van der Waals surface area contributed by atoms with Crippen LogP contribution in [0.5, 0.6) is 0 Å². The molecular weight excluding hydrogens is 286 g/mol. The highest BCUT2D eigenvalue weighted by Gasteiger charge is 2.19. The van der Waals surface area contributed by atoms with Crippen LogP contribution in [-0.4, -0.2) is 54.5 Å². The Hall–Kier alpha value is -1.85. The van der Waals surface area contributed by atoms with Crippen LogP contribution in [0, 0.1) is 5.92 Å². The van der Waals surface area contributed by atoms with Gasteiger partial charge in [-0.25, -0.2) is 4.68 Å². The van der Waals surface area contributed by atoms with E-state index < -0.39 is 0 Å². The minimum absolute atomic E-state index is 0.464. The van der Waals surface area contributed by atoms with Gasteiger partial charge in [0, 0.05) is 44.2 Å². The molecule has 0 bridgehead atoms. The minimum Gasteiger partial charge on any atom is -0.370 e. The van der Waals surface area contributed by atoms with Gasteiger partial charge in [-0.05, 0) is 26.1 Å². The number of likely N-dealkylation sites (N-methyl/N-ethyl adjacent to an activating group) is 1. The van der Waals surface area contributed by atoms with Crippen molar-refractivity contribution < 1.29 is 0 Å². The summed E-state index contributed by atoms with van der Waals surface area (Å²) in [6.45, 7) is 4.06. The van der Waals surface area contributed by atoms with Crippen molar-refractivity contribution in [1.29, 1.82) is 0 Å². The third-order valence-corrected chi connectivity index (χ3v) is 4.33. The van der Waals surface area contributed by atoms with Crippen LogP contribution in [0.1, 0.15) is 5.56 Å². The fourth-order valence-corrected chi connectivity index (χ4v) is 3.20. The van der Waals surface area contributed by atoms with Gasteiger partial charge in [-0.3, -0.25) is 0 Å². The summed E-state index contributed by atoms with van der Waals surface area (Å²) in [5.41, 5.74) is 1.39. The third kappa shape index (κ3) is 4.56. The smallest absolute Gasteiger partial charge is 0.124 e. The lowest BCUT2D eigenvalue weighted by Gasteiger charge is -2.28. The molecule has 124 valence electrons. The van der Waals surface area contributed by atoms with Crippen molar-refractivity contribution in [3.05, 3.63) is 48.2 Å². The van der Waals surface area contributed by atoms with Crippen LogP contribution in [0.4, 0.5) is 5.82 Å². The summed E-state index contributed by atoms with van der Waals surface area (Å²) in [6, 6.07) is 13.2. The van der Waals surface area contributed by atoms with E-state index in [2.05, 4.69) is 69.7 Å². The normalized spacial score (nSPS) is 18.5. The molecule has 2 heterocycles. The Balaban J connectivity index is 1.54. The Kier molecular flexibility index (Phi) is 5.31. The number of fused-ring (bicyclic) bond motifs is 1. The molecule has 0 fully saturated rings. The number of hydrogen-bond donors (Lipinski definition) is 2. The highest BCUT2D eigenvalue weighted by Crippen LogP contribution is 2.16. The van der Waals surface area contributed by atoms with E-state index in [1.807, 2.05) is 12.3 Å². The van der Waals surface area contributed by atoms with Gasteiger partial charge in [-0.2, -0.15) is 5.10 Å². The first-order valence-electron chi connectivity index (χ1n) is 8.38. The molecule has 3 rings (SSSR count). The maximum Gasteiger partial charge on any atom is 0.124 e. The maximum absolute atomic E-state index is 4.37. The van der Waals surface area contributed by atoms with Crippen LogP contribution in [0.15, 0.2) is 42.6 Å². The molecule has 2 atom stereocenters. The summed E-state index contributed by atoms with van der Waals surface area (Å²) < 4.78 is 2.06. The average Bonchev–Trinajstić information content (AvgIpc) is 3.01. The van der Waals surface area contributed by atoms with Gasteiger partial charge in [-0.1, -0.05) is 30.3 Å². The van der Waals surface area contributed by atoms with Crippen molar-refractivity contribution in [2.24, 2.45) is 5.92 Å². The van der Waals surface area contributed by atoms with Gasteiger partial charge in [0.15, 0.2) is 0 Å². The van der Waals surface area contributed by atoms with Crippen LogP contribution in [-0.2, 0) is 13.0 Å². The lowest BCUT2D eigenvalue weighted by atomic mass is 10.0. The van der Waals surface area contributed by atoms with E-state index in [0.717, 1.165) is 38.4 Å². The van der Waals surface area contributed by atoms with Crippen molar-refractivity contribution in [1.82, 2.24) is 20.0 Å². The summed E-state index contributed by atoms with van der Waals surface area (Å²) >= 11 is 0.